The third kappa shape index (κ3) is 3.04. The van der Waals surface area contributed by atoms with Gasteiger partial charge in [-0.15, -0.1) is 0 Å². The molecule has 0 radical (unpaired) electrons. The monoisotopic (exact) mass is 251 g/mol. The standard InChI is InChI=1S/C12H14FN3O2/c1-17-8-4-7-14-12-15-11(16-18-12)9-5-2-3-6-10(9)13/h2-3,5-6H,4,7-8H2,1H3,(H,14,15,16). The van der Waals surface area contributed by atoms with Crippen molar-refractivity contribution < 1.29 is 13.7 Å². The van der Waals surface area contributed by atoms with Gasteiger partial charge in [-0.25, -0.2) is 4.39 Å². The van der Waals surface area contributed by atoms with Crippen molar-refractivity contribution >= 4 is 6.01 Å². The molecule has 0 saturated heterocycles. The topological polar surface area (TPSA) is 60.2 Å². The number of hydrogen-bond acceptors (Lipinski definition) is 5. The molecule has 0 aliphatic carbocycles. The van der Waals surface area contributed by atoms with Crippen LogP contribution >= 0.6 is 0 Å². The number of ether oxygens (including phenoxy) is 1. The van der Waals surface area contributed by atoms with Crippen LogP contribution in [0, 0.1) is 5.82 Å². The Morgan fingerprint density at radius 3 is 3.00 bits per heavy atom. The van der Waals surface area contributed by atoms with Gasteiger partial charge >= 0.3 is 6.01 Å². The Morgan fingerprint density at radius 1 is 1.39 bits per heavy atom. The Hall–Kier alpha value is -1.95. The molecule has 2 rings (SSSR count). The van der Waals surface area contributed by atoms with Crippen molar-refractivity contribution in [3.63, 3.8) is 0 Å². The zero-order chi connectivity index (χ0) is 12.8. The molecule has 0 spiro atoms. The Kier molecular flexibility index (Phi) is 4.25. The SMILES string of the molecule is COCCCNc1nc(-c2ccccc2F)no1. The van der Waals surface area contributed by atoms with Gasteiger partial charge in [0.05, 0.1) is 5.56 Å². The molecule has 0 fully saturated rings. The molecule has 1 heterocycles. The van der Waals surface area contributed by atoms with E-state index in [4.69, 9.17) is 9.26 Å². The van der Waals surface area contributed by atoms with Gasteiger partial charge in [-0.2, -0.15) is 4.98 Å². The van der Waals surface area contributed by atoms with Gasteiger partial charge in [0.1, 0.15) is 5.82 Å². The number of nitrogens with zero attached hydrogens (tertiary/aromatic N) is 2. The van der Waals surface area contributed by atoms with Crippen LogP contribution in [0.5, 0.6) is 0 Å². The van der Waals surface area contributed by atoms with Crippen molar-refractivity contribution in [3.05, 3.63) is 30.1 Å². The molecule has 0 aliphatic heterocycles. The number of rotatable bonds is 6. The fraction of sp³-hybridized carbons (Fsp3) is 0.333. The molecule has 1 aromatic heterocycles. The highest BCUT2D eigenvalue weighted by Crippen LogP contribution is 2.20. The molecule has 0 bridgehead atoms. The molecule has 1 N–H and O–H groups in total. The molecule has 0 atom stereocenters. The largest absolute Gasteiger partial charge is 0.385 e. The number of methoxy groups -OCH3 is 1. The van der Waals surface area contributed by atoms with E-state index in [1.54, 1.807) is 25.3 Å². The van der Waals surface area contributed by atoms with E-state index >= 15 is 0 Å². The number of anilines is 1. The molecule has 0 unspecified atom stereocenters. The Balaban J connectivity index is 2.00. The van der Waals surface area contributed by atoms with E-state index in [9.17, 15) is 4.39 Å². The summed E-state index contributed by atoms with van der Waals surface area (Å²) in [5.74, 6) is -0.133. The maximum atomic E-state index is 13.5. The lowest BCUT2D eigenvalue weighted by Gasteiger charge is -1.99. The van der Waals surface area contributed by atoms with Crippen molar-refractivity contribution in [2.45, 2.75) is 6.42 Å². The smallest absolute Gasteiger partial charge is 0.321 e. The van der Waals surface area contributed by atoms with Crippen molar-refractivity contribution in [2.24, 2.45) is 0 Å². The summed E-state index contributed by atoms with van der Waals surface area (Å²) in [5.41, 5.74) is 0.325. The quantitative estimate of drug-likeness (QED) is 0.798. The maximum absolute atomic E-state index is 13.5. The van der Waals surface area contributed by atoms with Gasteiger partial charge in [0.25, 0.3) is 0 Å². The molecule has 6 heteroatoms. The van der Waals surface area contributed by atoms with Crippen molar-refractivity contribution in [2.75, 3.05) is 25.6 Å². The fourth-order valence-corrected chi connectivity index (χ4v) is 1.46. The molecule has 0 aliphatic rings. The second-order valence-electron chi connectivity index (χ2n) is 3.68. The minimum absolute atomic E-state index is 0.238. The van der Waals surface area contributed by atoms with Gasteiger partial charge in [-0.05, 0) is 18.6 Å². The van der Waals surface area contributed by atoms with E-state index in [0.717, 1.165) is 6.42 Å². The average molecular weight is 251 g/mol. The highest BCUT2D eigenvalue weighted by Gasteiger charge is 2.11. The van der Waals surface area contributed by atoms with Gasteiger partial charge in [0.2, 0.25) is 5.82 Å². The van der Waals surface area contributed by atoms with Gasteiger partial charge in [0, 0.05) is 20.3 Å². The summed E-state index contributed by atoms with van der Waals surface area (Å²) in [7, 11) is 1.64. The summed E-state index contributed by atoms with van der Waals surface area (Å²) in [4.78, 5) is 4.07. The maximum Gasteiger partial charge on any atom is 0.321 e. The van der Waals surface area contributed by atoms with E-state index < -0.39 is 0 Å². The van der Waals surface area contributed by atoms with Crippen LogP contribution in [0.3, 0.4) is 0 Å². The molecule has 96 valence electrons. The van der Waals surface area contributed by atoms with E-state index in [1.807, 2.05) is 0 Å². The fourth-order valence-electron chi connectivity index (χ4n) is 1.46. The van der Waals surface area contributed by atoms with E-state index in [1.165, 1.54) is 6.07 Å². The van der Waals surface area contributed by atoms with Crippen molar-refractivity contribution in [1.29, 1.82) is 0 Å². The minimum Gasteiger partial charge on any atom is -0.385 e. The first kappa shape index (κ1) is 12.5. The first-order valence-corrected chi connectivity index (χ1v) is 5.62. The molecular weight excluding hydrogens is 237 g/mol. The summed E-state index contributed by atoms with van der Waals surface area (Å²) in [6.07, 6.45) is 0.827. The lowest BCUT2D eigenvalue weighted by Crippen LogP contribution is -2.04. The van der Waals surface area contributed by atoms with Crippen LogP contribution in [-0.4, -0.2) is 30.4 Å². The Labute approximate surface area is 104 Å². The van der Waals surface area contributed by atoms with E-state index in [-0.39, 0.29) is 17.7 Å². The Morgan fingerprint density at radius 2 is 2.22 bits per heavy atom. The summed E-state index contributed by atoms with van der Waals surface area (Å²) in [5, 5.41) is 6.67. The second kappa shape index (κ2) is 6.11. The molecular formula is C12H14FN3O2. The van der Waals surface area contributed by atoms with Crippen LogP contribution in [0.25, 0.3) is 11.4 Å². The van der Waals surface area contributed by atoms with Gasteiger partial charge in [0.15, 0.2) is 0 Å². The normalized spacial score (nSPS) is 10.6. The number of aromatic nitrogens is 2. The highest BCUT2D eigenvalue weighted by molar-refractivity contribution is 5.56. The Bertz CT molecular complexity index is 502. The van der Waals surface area contributed by atoms with Crippen LogP contribution in [0.4, 0.5) is 10.4 Å². The first-order chi connectivity index (χ1) is 8.81. The number of benzene rings is 1. The van der Waals surface area contributed by atoms with Crippen LogP contribution in [0.2, 0.25) is 0 Å². The number of nitrogens with one attached hydrogen (secondary N) is 1. The zero-order valence-corrected chi connectivity index (χ0v) is 10.0. The van der Waals surface area contributed by atoms with Crippen molar-refractivity contribution in [3.8, 4) is 11.4 Å². The van der Waals surface area contributed by atoms with Crippen LogP contribution in [0.1, 0.15) is 6.42 Å². The molecule has 0 amide bonds. The molecule has 18 heavy (non-hydrogen) atoms. The van der Waals surface area contributed by atoms with Crippen LogP contribution < -0.4 is 5.32 Å². The lowest BCUT2D eigenvalue weighted by atomic mass is 10.2. The summed E-state index contributed by atoms with van der Waals surface area (Å²) in [6.45, 7) is 1.31. The third-order valence-corrected chi connectivity index (χ3v) is 2.34. The molecule has 2 aromatic rings. The summed E-state index contributed by atoms with van der Waals surface area (Å²) in [6, 6.07) is 6.58. The summed E-state index contributed by atoms with van der Waals surface area (Å²) >= 11 is 0. The second-order valence-corrected chi connectivity index (χ2v) is 3.68. The molecule has 0 saturated carbocycles. The molecule has 5 nitrogen and oxygen atoms in total. The van der Waals surface area contributed by atoms with Crippen LogP contribution in [-0.2, 0) is 4.74 Å². The predicted molar refractivity (Wildman–Crippen MR) is 64.7 cm³/mol. The van der Waals surface area contributed by atoms with E-state index in [2.05, 4.69) is 15.5 Å². The summed E-state index contributed by atoms with van der Waals surface area (Å²) < 4.78 is 23.4. The van der Waals surface area contributed by atoms with E-state index in [0.29, 0.717) is 18.7 Å². The lowest BCUT2D eigenvalue weighted by molar-refractivity contribution is 0.197. The number of hydrogen-bond donors (Lipinski definition) is 1. The predicted octanol–water partition coefficient (Wildman–Crippen LogP) is 2.32. The van der Waals surface area contributed by atoms with Gasteiger partial charge < -0.3 is 14.6 Å². The van der Waals surface area contributed by atoms with Gasteiger partial charge in [-0.3, -0.25) is 0 Å². The van der Waals surface area contributed by atoms with Crippen LogP contribution in [0.15, 0.2) is 28.8 Å². The third-order valence-electron chi connectivity index (χ3n) is 2.34. The average Bonchev–Trinajstić information content (AvgIpc) is 2.84. The molecule has 1 aromatic carbocycles. The van der Waals surface area contributed by atoms with Gasteiger partial charge in [-0.1, -0.05) is 17.3 Å². The highest BCUT2D eigenvalue weighted by atomic mass is 19.1. The minimum atomic E-state index is -0.371. The van der Waals surface area contributed by atoms with Crippen molar-refractivity contribution in [1.82, 2.24) is 10.1 Å². The first-order valence-electron chi connectivity index (χ1n) is 5.62. The zero-order valence-electron chi connectivity index (χ0n) is 10.0. The number of halogens is 1.